The lowest BCUT2D eigenvalue weighted by Gasteiger charge is -2.30. The van der Waals surface area contributed by atoms with E-state index in [-0.39, 0.29) is 17.8 Å². The van der Waals surface area contributed by atoms with Gasteiger partial charge < -0.3 is 4.74 Å². The summed E-state index contributed by atoms with van der Waals surface area (Å²) in [5, 5.41) is 2.04. The molecule has 0 saturated heterocycles. The minimum atomic E-state index is -0.145. The van der Waals surface area contributed by atoms with Crippen molar-refractivity contribution in [1.82, 2.24) is 4.90 Å². The maximum absolute atomic E-state index is 12.8. The summed E-state index contributed by atoms with van der Waals surface area (Å²) in [6.07, 6.45) is 7.77. The average molecular weight is 350 g/mol. The highest BCUT2D eigenvalue weighted by molar-refractivity contribution is 7.10. The molecule has 3 nitrogen and oxygen atoms in total. The number of nitrogens with zero attached hydrogens (tertiary/aromatic N) is 1. The zero-order valence-corrected chi connectivity index (χ0v) is 16.2. The van der Waals surface area contributed by atoms with Crippen molar-refractivity contribution in [3.05, 3.63) is 34.5 Å². The van der Waals surface area contributed by atoms with Gasteiger partial charge in [0.15, 0.2) is 0 Å². The van der Waals surface area contributed by atoms with Crippen LogP contribution < -0.4 is 0 Å². The number of esters is 1. The van der Waals surface area contributed by atoms with Gasteiger partial charge in [0.1, 0.15) is 6.61 Å². The Morgan fingerprint density at radius 2 is 2.08 bits per heavy atom. The smallest absolute Gasteiger partial charge is 0.314 e. The minimum Gasteiger partial charge on any atom is -0.464 e. The quantitative estimate of drug-likeness (QED) is 0.496. The van der Waals surface area contributed by atoms with Crippen molar-refractivity contribution in [3.8, 4) is 0 Å². The molecule has 0 fully saturated rings. The molecule has 4 heteroatoms. The summed E-state index contributed by atoms with van der Waals surface area (Å²) < 4.78 is 5.70. The SMILES string of the molecule is CC(C)N(CCOC(=O)C(c1cccs1)C1C=CCCC1)C(C)C. The zero-order valence-electron chi connectivity index (χ0n) is 15.4. The largest absolute Gasteiger partial charge is 0.464 e. The van der Waals surface area contributed by atoms with Crippen molar-refractivity contribution in [2.45, 2.75) is 65.0 Å². The van der Waals surface area contributed by atoms with Gasteiger partial charge in [0.05, 0.1) is 5.92 Å². The molecular weight excluding hydrogens is 318 g/mol. The molecule has 0 N–H and O–H groups in total. The Labute approximate surface area is 150 Å². The second-order valence-electron chi connectivity index (χ2n) is 7.11. The van der Waals surface area contributed by atoms with Gasteiger partial charge in [-0.05, 0) is 64.3 Å². The third-order valence-corrected chi connectivity index (χ3v) is 5.70. The van der Waals surface area contributed by atoms with Gasteiger partial charge in [0.2, 0.25) is 0 Å². The van der Waals surface area contributed by atoms with Crippen LogP contribution in [0.2, 0.25) is 0 Å². The lowest BCUT2D eigenvalue weighted by molar-refractivity contribution is -0.147. The van der Waals surface area contributed by atoms with Crippen molar-refractivity contribution in [1.29, 1.82) is 0 Å². The summed E-state index contributed by atoms with van der Waals surface area (Å²) in [5.74, 6) is 0.0609. The fourth-order valence-corrected chi connectivity index (χ4v) is 4.43. The number of carbonyl (C=O) groups excluding carboxylic acids is 1. The van der Waals surface area contributed by atoms with Gasteiger partial charge in [-0.1, -0.05) is 18.2 Å². The molecule has 1 aliphatic carbocycles. The van der Waals surface area contributed by atoms with Crippen molar-refractivity contribution < 1.29 is 9.53 Å². The number of hydrogen-bond donors (Lipinski definition) is 0. The van der Waals surface area contributed by atoms with E-state index in [2.05, 4.69) is 50.8 Å². The highest BCUT2D eigenvalue weighted by Crippen LogP contribution is 2.35. The summed E-state index contributed by atoms with van der Waals surface area (Å²) in [6, 6.07) is 5.00. The molecule has 1 heterocycles. The van der Waals surface area contributed by atoms with Gasteiger partial charge in [-0.3, -0.25) is 9.69 Å². The first-order chi connectivity index (χ1) is 11.5. The number of allylic oxidation sites excluding steroid dienone is 2. The summed E-state index contributed by atoms with van der Waals surface area (Å²) in [7, 11) is 0. The van der Waals surface area contributed by atoms with Gasteiger partial charge in [0.25, 0.3) is 0 Å². The molecule has 2 atom stereocenters. The Bertz CT molecular complexity index is 514. The maximum Gasteiger partial charge on any atom is 0.314 e. The van der Waals surface area contributed by atoms with E-state index in [1.54, 1.807) is 11.3 Å². The molecule has 1 aromatic heterocycles. The van der Waals surface area contributed by atoms with Gasteiger partial charge in [-0.2, -0.15) is 0 Å². The standard InChI is InChI=1S/C20H31NO2S/c1-15(2)21(16(3)4)12-13-23-20(22)19(18-11-8-14-24-18)17-9-6-5-7-10-17/h6,8-9,11,14-17,19H,5,7,10,12-13H2,1-4H3. The summed E-state index contributed by atoms with van der Waals surface area (Å²) >= 11 is 1.66. The molecule has 24 heavy (non-hydrogen) atoms. The predicted octanol–water partition coefficient (Wildman–Crippen LogP) is 4.85. The Hall–Kier alpha value is -1.13. The van der Waals surface area contributed by atoms with Crippen molar-refractivity contribution in [2.75, 3.05) is 13.2 Å². The summed E-state index contributed by atoms with van der Waals surface area (Å²) in [4.78, 5) is 16.3. The van der Waals surface area contributed by atoms with Crippen LogP contribution in [-0.2, 0) is 9.53 Å². The van der Waals surface area contributed by atoms with Crippen LogP contribution in [-0.4, -0.2) is 36.1 Å². The van der Waals surface area contributed by atoms with Crippen molar-refractivity contribution >= 4 is 17.3 Å². The third-order valence-electron chi connectivity index (χ3n) is 4.74. The molecule has 134 valence electrons. The second kappa shape index (κ2) is 9.38. The molecule has 2 unspecified atom stereocenters. The lowest BCUT2D eigenvalue weighted by Crippen LogP contribution is -2.40. The molecule has 0 amide bonds. The monoisotopic (exact) mass is 349 g/mol. The molecular formula is C20H31NO2S. The van der Waals surface area contributed by atoms with Gasteiger partial charge >= 0.3 is 5.97 Å². The number of ether oxygens (including phenoxy) is 1. The predicted molar refractivity (Wildman–Crippen MR) is 101 cm³/mol. The lowest BCUT2D eigenvalue weighted by atomic mass is 9.83. The van der Waals surface area contributed by atoms with Gasteiger partial charge in [0, 0.05) is 23.5 Å². The highest BCUT2D eigenvalue weighted by Gasteiger charge is 2.31. The number of rotatable bonds is 8. The fourth-order valence-electron chi connectivity index (χ4n) is 3.54. The summed E-state index contributed by atoms with van der Waals surface area (Å²) in [5.41, 5.74) is 0. The van der Waals surface area contributed by atoms with E-state index >= 15 is 0 Å². The van der Waals surface area contributed by atoms with Crippen LogP contribution >= 0.6 is 11.3 Å². The number of carbonyl (C=O) groups is 1. The highest BCUT2D eigenvalue weighted by atomic mass is 32.1. The van der Waals surface area contributed by atoms with Crippen LogP contribution in [0.3, 0.4) is 0 Å². The van der Waals surface area contributed by atoms with Crippen LogP contribution in [0.4, 0.5) is 0 Å². The Morgan fingerprint density at radius 1 is 1.33 bits per heavy atom. The first-order valence-corrected chi connectivity index (χ1v) is 10.0. The second-order valence-corrected chi connectivity index (χ2v) is 8.09. The molecule has 0 spiro atoms. The number of hydrogen-bond acceptors (Lipinski definition) is 4. The van der Waals surface area contributed by atoms with E-state index in [9.17, 15) is 4.79 Å². The van der Waals surface area contributed by atoms with Crippen LogP contribution in [0.5, 0.6) is 0 Å². The molecule has 0 bridgehead atoms. The summed E-state index contributed by atoms with van der Waals surface area (Å²) in [6.45, 7) is 9.99. The normalized spacial score (nSPS) is 19.2. The molecule has 1 aliphatic rings. The molecule has 2 rings (SSSR count). The van der Waals surface area contributed by atoms with E-state index in [4.69, 9.17) is 4.74 Å². The van der Waals surface area contributed by atoms with Crippen molar-refractivity contribution in [2.24, 2.45) is 5.92 Å². The van der Waals surface area contributed by atoms with Gasteiger partial charge in [-0.15, -0.1) is 11.3 Å². The Kier molecular flexibility index (Phi) is 7.50. The molecule has 0 aliphatic heterocycles. The Morgan fingerprint density at radius 3 is 2.62 bits per heavy atom. The molecule has 0 saturated carbocycles. The minimum absolute atomic E-state index is 0.0681. The molecule has 1 aromatic rings. The third kappa shape index (κ3) is 5.18. The van der Waals surface area contributed by atoms with Crippen LogP contribution in [0, 0.1) is 5.92 Å². The van der Waals surface area contributed by atoms with Gasteiger partial charge in [-0.25, -0.2) is 0 Å². The molecule has 0 aromatic carbocycles. The zero-order chi connectivity index (χ0) is 17.5. The van der Waals surface area contributed by atoms with Crippen molar-refractivity contribution in [3.63, 3.8) is 0 Å². The topological polar surface area (TPSA) is 29.5 Å². The Balaban J connectivity index is 1.98. The van der Waals surface area contributed by atoms with Crippen LogP contribution in [0.15, 0.2) is 29.7 Å². The van der Waals surface area contributed by atoms with Crippen LogP contribution in [0.1, 0.15) is 57.8 Å². The van der Waals surface area contributed by atoms with E-state index in [1.807, 2.05) is 11.4 Å². The van der Waals surface area contributed by atoms with Crippen LogP contribution in [0.25, 0.3) is 0 Å². The van der Waals surface area contributed by atoms with E-state index in [0.717, 1.165) is 30.7 Å². The fraction of sp³-hybridized carbons (Fsp3) is 0.650. The number of thiophene rings is 1. The first kappa shape index (κ1) is 19.2. The first-order valence-electron chi connectivity index (χ1n) is 9.13. The maximum atomic E-state index is 12.8. The van der Waals surface area contributed by atoms with E-state index in [1.165, 1.54) is 0 Å². The molecule has 0 radical (unpaired) electrons. The average Bonchev–Trinajstić information content (AvgIpc) is 3.06. The van der Waals surface area contributed by atoms with E-state index < -0.39 is 0 Å². The van der Waals surface area contributed by atoms with E-state index in [0.29, 0.717) is 18.7 Å².